The molecule has 21 heavy (non-hydrogen) atoms. The van der Waals surface area contributed by atoms with Gasteiger partial charge < -0.3 is 24.6 Å². The number of aromatic hydroxyl groups is 1. The molecule has 0 aliphatic carbocycles. The van der Waals surface area contributed by atoms with Crippen LogP contribution in [0, 0.1) is 0 Å². The van der Waals surface area contributed by atoms with E-state index in [0.717, 1.165) is 0 Å². The van der Waals surface area contributed by atoms with Crippen LogP contribution in [-0.2, 0) is 4.74 Å². The van der Waals surface area contributed by atoms with Gasteiger partial charge in [0.1, 0.15) is 11.5 Å². The molecule has 0 aromatic heterocycles. The number of methoxy groups -OCH3 is 1. The highest BCUT2D eigenvalue weighted by Crippen LogP contribution is 2.27. The zero-order valence-electron chi connectivity index (χ0n) is 12.5. The molecule has 0 spiro atoms. The quantitative estimate of drug-likeness (QED) is 0.870. The van der Waals surface area contributed by atoms with Crippen molar-refractivity contribution in [2.75, 3.05) is 26.8 Å². The minimum atomic E-state index is -0.546. The predicted octanol–water partition coefficient (Wildman–Crippen LogP) is 1.01. The second-order valence-electron chi connectivity index (χ2n) is 5.75. The average molecular weight is 295 g/mol. The van der Waals surface area contributed by atoms with Gasteiger partial charge in [-0.15, -0.1) is 0 Å². The second kappa shape index (κ2) is 5.91. The number of aliphatic hydroxyl groups excluding tert-OH is 1. The summed E-state index contributed by atoms with van der Waals surface area (Å²) in [6.07, 6.45) is -0.426. The van der Waals surface area contributed by atoms with Crippen LogP contribution < -0.4 is 4.74 Å². The molecule has 1 fully saturated rings. The number of carbonyl (C=O) groups is 1. The molecular formula is C15H21NO5. The fourth-order valence-electron chi connectivity index (χ4n) is 2.53. The number of amides is 1. The molecule has 116 valence electrons. The summed E-state index contributed by atoms with van der Waals surface area (Å²) in [6, 6.07) is 4.53. The molecule has 1 aromatic rings. The maximum absolute atomic E-state index is 12.6. The molecule has 1 heterocycles. The Morgan fingerprint density at radius 3 is 2.86 bits per heavy atom. The van der Waals surface area contributed by atoms with Crippen molar-refractivity contribution in [3.63, 3.8) is 0 Å². The number of benzene rings is 1. The molecule has 1 saturated heterocycles. The van der Waals surface area contributed by atoms with E-state index in [4.69, 9.17) is 9.47 Å². The van der Waals surface area contributed by atoms with Crippen molar-refractivity contribution in [1.29, 1.82) is 0 Å². The van der Waals surface area contributed by atoms with E-state index in [1.54, 1.807) is 11.0 Å². The normalized spacial score (nSPS) is 21.1. The monoisotopic (exact) mass is 295 g/mol. The average Bonchev–Trinajstić information content (AvgIpc) is 2.45. The molecule has 2 rings (SSSR count). The Balaban J connectivity index is 2.26. The van der Waals surface area contributed by atoms with Gasteiger partial charge in [-0.05, 0) is 32.0 Å². The third-order valence-corrected chi connectivity index (χ3v) is 3.41. The number of nitrogens with zero attached hydrogens (tertiary/aromatic N) is 1. The number of hydrogen-bond acceptors (Lipinski definition) is 5. The van der Waals surface area contributed by atoms with Gasteiger partial charge in [-0.2, -0.15) is 0 Å². The molecule has 1 atom stereocenters. The lowest BCUT2D eigenvalue weighted by Crippen LogP contribution is -2.55. The van der Waals surface area contributed by atoms with E-state index in [1.165, 1.54) is 19.2 Å². The van der Waals surface area contributed by atoms with E-state index in [0.29, 0.717) is 12.3 Å². The summed E-state index contributed by atoms with van der Waals surface area (Å²) in [4.78, 5) is 14.2. The van der Waals surface area contributed by atoms with E-state index in [9.17, 15) is 15.0 Å². The summed E-state index contributed by atoms with van der Waals surface area (Å²) >= 11 is 0. The van der Waals surface area contributed by atoms with Crippen LogP contribution in [0.25, 0.3) is 0 Å². The Hall–Kier alpha value is -1.79. The molecule has 1 unspecified atom stereocenters. The zero-order chi connectivity index (χ0) is 15.6. The van der Waals surface area contributed by atoms with Gasteiger partial charge in [-0.3, -0.25) is 4.79 Å². The summed E-state index contributed by atoms with van der Waals surface area (Å²) in [5, 5.41) is 19.2. The highest BCUT2D eigenvalue weighted by Gasteiger charge is 2.36. The van der Waals surface area contributed by atoms with E-state index in [-0.39, 0.29) is 30.4 Å². The van der Waals surface area contributed by atoms with Gasteiger partial charge in [-0.25, -0.2) is 0 Å². The number of phenolic OH excluding ortho intramolecular Hbond substituents is 1. The smallest absolute Gasteiger partial charge is 0.257 e. The van der Waals surface area contributed by atoms with Gasteiger partial charge in [0.25, 0.3) is 5.91 Å². The number of rotatable bonds is 3. The first-order valence-corrected chi connectivity index (χ1v) is 6.81. The Morgan fingerprint density at radius 1 is 1.52 bits per heavy atom. The zero-order valence-corrected chi connectivity index (χ0v) is 12.5. The third kappa shape index (κ3) is 3.46. The van der Waals surface area contributed by atoms with Crippen molar-refractivity contribution in [3.05, 3.63) is 23.8 Å². The lowest BCUT2D eigenvalue weighted by atomic mass is 10.0. The van der Waals surface area contributed by atoms with Gasteiger partial charge in [0, 0.05) is 13.1 Å². The minimum absolute atomic E-state index is 0.0920. The van der Waals surface area contributed by atoms with Crippen LogP contribution in [0.3, 0.4) is 0 Å². The van der Waals surface area contributed by atoms with Crippen molar-refractivity contribution >= 4 is 5.91 Å². The minimum Gasteiger partial charge on any atom is -0.507 e. The first-order valence-electron chi connectivity index (χ1n) is 6.81. The maximum Gasteiger partial charge on any atom is 0.257 e. The fraction of sp³-hybridized carbons (Fsp3) is 0.533. The molecule has 1 aliphatic heterocycles. The number of carbonyl (C=O) groups excluding carboxylic acids is 1. The second-order valence-corrected chi connectivity index (χ2v) is 5.75. The SMILES string of the molecule is COc1ccc(O)c(C(=O)N2CC(CO)OC(C)(C)C2)c1. The van der Waals surface area contributed by atoms with Crippen LogP contribution in [0.2, 0.25) is 0 Å². The molecule has 1 aliphatic rings. The molecule has 1 aromatic carbocycles. The Kier molecular flexibility index (Phi) is 4.39. The van der Waals surface area contributed by atoms with Crippen LogP contribution in [-0.4, -0.2) is 59.5 Å². The number of phenols is 1. The van der Waals surface area contributed by atoms with Crippen molar-refractivity contribution in [3.8, 4) is 11.5 Å². The number of ether oxygens (including phenoxy) is 2. The highest BCUT2D eigenvalue weighted by molar-refractivity contribution is 5.97. The highest BCUT2D eigenvalue weighted by atomic mass is 16.5. The van der Waals surface area contributed by atoms with Crippen LogP contribution in [0.4, 0.5) is 0 Å². The summed E-state index contributed by atoms with van der Waals surface area (Å²) in [6.45, 7) is 4.24. The lowest BCUT2D eigenvalue weighted by Gasteiger charge is -2.42. The van der Waals surface area contributed by atoms with Gasteiger partial charge in [0.05, 0.1) is 31.0 Å². The van der Waals surface area contributed by atoms with Crippen LogP contribution in [0.15, 0.2) is 18.2 Å². The first-order chi connectivity index (χ1) is 9.86. The Labute approximate surface area is 123 Å². The van der Waals surface area contributed by atoms with Crippen LogP contribution in [0.5, 0.6) is 11.5 Å². The molecule has 1 amide bonds. The van der Waals surface area contributed by atoms with Gasteiger partial charge in [0.2, 0.25) is 0 Å². The molecule has 0 saturated carbocycles. The molecule has 6 heteroatoms. The summed E-state index contributed by atoms with van der Waals surface area (Å²) < 4.78 is 10.8. The van der Waals surface area contributed by atoms with Crippen molar-refractivity contribution in [2.45, 2.75) is 25.6 Å². The topological polar surface area (TPSA) is 79.2 Å². The van der Waals surface area contributed by atoms with Crippen molar-refractivity contribution in [2.24, 2.45) is 0 Å². The third-order valence-electron chi connectivity index (χ3n) is 3.41. The molecular weight excluding hydrogens is 274 g/mol. The molecule has 0 bridgehead atoms. The maximum atomic E-state index is 12.6. The van der Waals surface area contributed by atoms with Gasteiger partial charge >= 0.3 is 0 Å². The van der Waals surface area contributed by atoms with Gasteiger partial charge in [-0.1, -0.05) is 0 Å². The molecule has 6 nitrogen and oxygen atoms in total. The standard InChI is InChI=1S/C15H21NO5/c1-15(2)9-16(7-11(8-17)21-15)14(19)12-6-10(20-3)4-5-13(12)18/h4-6,11,17-18H,7-9H2,1-3H3. The number of hydrogen-bond donors (Lipinski definition) is 2. The summed E-state index contributed by atoms with van der Waals surface area (Å²) in [5.74, 6) is 0.106. The molecule has 0 radical (unpaired) electrons. The number of aliphatic hydroxyl groups is 1. The first kappa shape index (κ1) is 15.6. The Bertz CT molecular complexity index is 529. The largest absolute Gasteiger partial charge is 0.507 e. The van der Waals surface area contributed by atoms with E-state index in [1.807, 2.05) is 13.8 Å². The van der Waals surface area contributed by atoms with Crippen molar-refractivity contribution < 1.29 is 24.5 Å². The van der Waals surface area contributed by atoms with E-state index in [2.05, 4.69) is 0 Å². The lowest BCUT2D eigenvalue weighted by molar-refractivity contribution is -0.139. The van der Waals surface area contributed by atoms with Crippen LogP contribution >= 0.6 is 0 Å². The van der Waals surface area contributed by atoms with E-state index < -0.39 is 11.7 Å². The predicted molar refractivity (Wildman–Crippen MR) is 76.6 cm³/mol. The number of morpholine rings is 1. The van der Waals surface area contributed by atoms with Crippen molar-refractivity contribution in [1.82, 2.24) is 4.90 Å². The van der Waals surface area contributed by atoms with E-state index >= 15 is 0 Å². The molecule has 2 N–H and O–H groups in total. The van der Waals surface area contributed by atoms with Gasteiger partial charge in [0.15, 0.2) is 0 Å². The Morgan fingerprint density at radius 2 is 2.24 bits per heavy atom. The summed E-state index contributed by atoms with van der Waals surface area (Å²) in [7, 11) is 1.50. The fourth-order valence-corrected chi connectivity index (χ4v) is 2.53. The van der Waals surface area contributed by atoms with Crippen LogP contribution in [0.1, 0.15) is 24.2 Å². The summed E-state index contributed by atoms with van der Waals surface area (Å²) in [5.41, 5.74) is -0.362.